The Hall–Kier alpha value is -2.60. The summed E-state index contributed by atoms with van der Waals surface area (Å²) in [5, 5.41) is 0. The highest BCUT2D eigenvalue weighted by Gasteiger charge is 2.03. The van der Waals surface area contributed by atoms with Gasteiger partial charge in [-0.25, -0.2) is 0 Å². The minimum Gasteiger partial charge on any atom is -0.0622 e. The monoisotopic (exact) mass is 284 g/mol. The molecule has 0 aliphatic rings. The molecule has 108 valence electrons. The number of benzene rings is 3. The zero-order valence-corrected chi connectivity index (χ0v) is 12.9. The Labute approximate surface area is 132 Å². The highest BCUT2D eigenvalue weighted by atomic mass is 14.1. The maximum absolute atomic E-state index is 2.29. The minimum absolute atomic E-state index is 0.944. The van der Waals surface area contributed by atoms with Crippen LogP contribution in [-0.4, -0.2) is 0 Å². The first kappa shape index (κ1) is 14.3. The van der Waals surface area contributed by atoms with E-state index in [4.69, 9.17) is 0 Å². The summed E-state index contributed by atoms with van der Waals surface area (Å²) in [6.07, 6.45) is 3.23. The topological polar surface area (TPSA) is 0 Å². The van der Waals surface area contributed by atoms with Gasteiger partial charge in [0.1, 0.15) is 0 Å². The van der Waals surface area contributed by atoms with Crippen molar-refractivity contribution in [1.29, 1.82) is 0 Å². The van der Waals surface area contributed by atoms with E-state index in [0.29, 0.717) is 0 Å². The van der Waals surface area contributed by atoms with Gasteiger partial charge in [0.05, 0.1) is 0 Å². The van der Waals surface area contributed by atoms with Crippen LogP contribution < -0.4 is 0 Å². The lowest BCUT2D eigenvalue weighted by atomic mass is 9.95. The number of allylic oxidation sites excluding steroid dienone is 1. The molecule has 0 unspecified atom stereocenters. The molecule has 22 heavy (non-hydrogen) atoms. The van der Waals surface area contributed by atoms with Gasteiger partial charge >= 0.3 is 0 Å². The van der Waals surface area contributed by atoms with E-state index in [9.17, 15) is 0 Å². The maximum Gasteiger partial charge on any atom is -0.00196 e. The highest BCUT2D eigenvalue weighted by molar-refractivity contribution is 5.82. The zero-order valence-electron chi connectivity index (χ0n) is 12.9. The Kier molecular flexibility index (Phi) is 4.50. The van der Waals surface area contributed by atoms with Gasteiger partial charge in [-0.1, -0.05) is 96.6 Å². The van der Waals surface area contributed by atoms with Crippen LogP contribution in [0.25, 0.3) is 11.6 Å². The van der Waals surface area contributed by atoms with Gasteiger partial charge in [0.2, 0.25) is 0 Å². The van der Waals surface area contributed by atoms with Crippen LogP contribution in [-0.2, 0) is 6.42 Å². The van der Waals surface area contributed by atoms with Crippen molar-refractivity contribution in [2.24, 2.45) is 0 Å². The Morgan fingerprint density at radius 1 is 0.727 bits per heavy atom. The molecule has 3 rings (SSSR count). The molecule has 0 spiro atoms. The van der Waals surface area contributed by atoms with Gasteiger partial charge < -0.3 is 0 Å². The first-order chi connectivity index (χ1) is 10.8. The fourth-order valence-electron chi connectivity index (χ4n) is 2.56. The van der Waals surface area contributed by atoms with Gasteiger partial charge in [-0.2, -0.15) is 0 Å². The lowest BCUT2D eigenvalue weighted by Crippen LogP contribution is -1.91. The van der Waals surface area contributed by atoms with E-state index >= 15 is 0 Å². The quantitative estimate of drug-likeness (QED) is 0.533. The first-order valence-corrected chi connectivity index (χ1v) is 7.68. The van der Waals surface area contributed by atoms with Crippen molar-refractivity contribution in [1.82, 2.24) is 0 Å². The van der Waals surface area contributed by atoms with Crippen LogP contribution in [0.15, 0.2) is 84.9 Å². The van der Waals surface area contributed by atoms with E-state index < -0.39 is 0 Å². The van der Waals surface area contributed by atoms with Crippen LogP contribution in [0.2, 0.25) is 0 Å². The normalized spacial score (nSPS) is 11.4. The SMILES string of the molecule is Cc1ccc(C/C(=C/c2ccccc2)c2ccccc2)cc1. The van der Waals surface area contributed by atoms with Crippen LogP contribution in [0.5, 0.6) is 0 Å². The second-order valence-electron chi connectivity index (χ2n) is 5.61. The molecule has 0 nitrogen and oxygen atoms in total. The standard InChI is InChI=1S/C22H20/c1-18-12-14-20(15-13-18)17-22(21-10-6-3-7-11-21)16-19-8-4-2-5-9-19/h2-16H,17H2,1H3/b22-16-. The van der Waals surface area contributed by atoms with Crippen molar-refractivity contribution in [3.8, 4) is 0 Å². The van der Waals surface area contributed by atoms with E-state index in [2.05, 4.69) is 97.9 Å². The van der Waals surface area contributed by atoms with E-state index in [1.807, 2.05) is 0 Å². The van der Waals surface area contributed by atoms with Gasteiger partial charge in [0, 0.05) is 0 Å². The fourth-order valence-corrected chi connectivity index (χ4v) is 2.56. The summed E-state index contributed by atoms with van der Waals surface area (Å²) in [5.41, 5.74) is 6.52. The molecule has 0 aromatic heterocycles. The van der Waals surface area contributed by atoms with Gasteiger partial charge in [0.25, 0.3) is 0 Å². The molecule has 0 amide bonds. The maximum atomic E-state index is 2.29. The van der Waals surface area contributed by atoms with E-state index in [1.54, 1.807) is 0 Å². The molecule has 0 aliphatic carbocycles. The van der Waals surface area contributed by atoms with Crippen LogP contribution >= 0.6 is 0 Å². The second-order valence-corrected chi connectivity index (χ2v) is 5.61. The summed E-state index contributed by atoms with van der Waals surface area (Å²) in [6, 6.07) is 30.0. The molecule has 0 saturated heterocycles. The smallest absolute Gasteiger partial charge is 0.00196 e. The number of hydrogen-bond donors (Lipinski definition) is 0. The fraction of sp³-hybridized carbons (Fsp3) is 0.0909. The van der Waals surface area contributed by atoms with Gasteiger partial charge in [-0.15, -0.1) is 0 Å². The number of hydrogen-bond acceptors (Lipinski definition) is 0. The molecule has 0 aliphatic heterocycles. The van der Waals surface area contributed by atoms with Crippen LogP contribution in [0.1, 0.15) is 22.3 Å². The van der Waals surface area contributed by atoms with Crippen molar-refractivity contribution in [2.75, 3.05) is 0 Å². The van der Waals surface area contributed by atoms with Crippen molar-refractivity contribution < 1.29 is 0 Å². The van der Waals surface area contributed by atoms with Gasteiger partial charge in [-0.05, 0) is 35.6 Å². The van der Waals surface area contributed by atoms with Gasteiger partial charge in [-0.3, -0.25) is 0 Å². The van der Waals surface area contributed by atoms with Crippen molar-refractivity contribution >= 4 is 11.6 Å². The summed E-state index contributed by atoms with van der Waals surface area (Å²) >= 11 is 0. The predicted octanol–water partition coefficient (Wildman–Crippen LogP) is 5.78. The summed E-state index contributed by atoms with van der Waals surface area (Å²) in [4.78, 5) is 0. The number of aryl methyl sites for hydroxylation is 1. The Balaban J connectivity index is 1.96. The molecule has 3 aromatic rings. The first-order valence-electron chi connectivity index (χ1n) is 7.68. The average molecular weight is 284 g/mol. The third-order valence-corrected chi connectivity index (χ3v) is 3.80. The Morgan fingerprint density at radius 3 is 1.95 bits per heavy atom. The molecular formula is C22H20. The van der Waals surface area contributed by atoms with Crippen LogP contribution in [0.4, 0.5) is 0 Å². The molecule has 0 N–H and O–H groups in total. The van der Waals surface area contributed by atoms with Crippen molar-refractivity contribution in [3.05, 3.63) is 107 Å². The molecule has 0 heteroatoms. The zero-order chi connectivity index (χ0) is 15.2. The van der Waals surface area contributed by atoms with Crippen molar-refractivity contribution in [3.63, 3.8) is 0 Å². The summed E-state index contributed by atoms with van der Waals surface area (Å²) in [5.74, 6) is 0. The molecule has 0 radical (unpaired) electrons. The molecule has 0 atom stereocenters. The number of rotatable bonds is 4. The second kappa shape index (κ2) is 6.91. The summed E-state index contributed by atoms with van der Waals surface area (Å²) < 4.78 is 0. The molecular weight excluding hydrogens is 264 g/mol. The lowest BCUT2D eigenvalue weighted by Gasteiger charge is -2.09. The third-order valence-electron chi connectivity index (χ3n) is 3.80. The van der Waals surface area contributed by atoms with Gasteiger partial charge in [0.15, 0.2) is 0 Å². The van der Waals surface area contributed by atoms with Crippen LogP contribution in [0.3, 0.4) is 0 Å². The molecule has 0 heterocycles. The van der Waals surface area contributed by atoms with Crippen molar-refractivity contribution in [2.45, 2.75) is 13.3 Å². The highest BCUT2D eigenvalue weighted by Crippen LogP contribution is 2.23. The largest absolute Gasteiger partial charge is 0.0622 e. The van der Waals surface area contributed by atoms with E-state index in [0.717, 1.165) is 6.42 Å². The molecule has 0 saturated carbocycles. The molecule has 0 bridgehead atoms. The van der Waals surface area contributed by atoms with E-state index in [-0.39, 0.29) is 0 Å². The third kappa shape index (κ3) is 3.73. The Bertz CT molecular complexity index is 735. The van der Waals surface area contributed by atoms with E-state index in [1.165, 1.54) is 27.8 Å². The predicted molar refractivity (Wildman–Crippen MR) is 95.6 cm³/mol. The van der Waals surface area contributed by atoms with Crippen LogP contribution in [0, 0.1) is 6.92 Å². The summed E-state index contributed by atoms with van der Waals surface area (Å²) in [7, 11) is 0. The molecule has 0 fully saturated rings. The Morgan fingerprint density at radius 2 is 1.32 bits per heavy atom. The summed E-state index contributed by atoms with van der Waals surface area (Å²) in [6.45, 7) is 2.13. The molecule has 3 aromatic carbocycles. The minimum atomic E-state index is 0.944. The lowest BCUT2D eigenvalue weighted by molar-refractivity contribution is 1.27. The average Bonchev–Trinajstić information content (AvgIpc) is 2.58.